The second-order valence-corrected chi connectivity index (χ2v) is 10.1. The Morgan fingerprint density at radius 2 is 1.76 bits per heavy atom. The molecular weight excluding hydrogens is 466 g/mol. The van der Waals surface area contributed by atoms with Crippen LogP contribution in [-0.4, -0.2) is 44.0 Å². The van der Waals surface area contributed by atoms with E-state index in [1.54, 1.807) is 11.8 Å². The molecule has 0 radical (unpaired) electrons. The van der Waals surface area contributed by atoms with Crippen LogP contribution in [0.25, 0.3) is 5.69 Å². The lowest BCUT2D eigenvalue weighted by atomic mass is 10.2. The third-order valence-corrected chi connectivity index (χ3v) is 7.62. The van der Waals surface area contributed by atoms with Gasteiger partial charge in [0.2, 0.25) is 11.0 Å². The first-order valence-electron chi connectivity index (χ1n) is 11.2. The van der Waals surface area contributed by atoms with Crippen molar-refractivity contribution in [2.75, 3.05) is 18.0 Å². The summed E-state index contributed by atoms with van der Waals surface area (Å²) in [5, 5.41) is 22.2. The highest BCUT2D eigenvalue weighted by atomic mass is 32.2. The normalized spacial score (nSPS) is 13.4. The minimum atomic E-state index is -0.211. The maximum atomic E-state index is 12.5. The van der Waals surface area contributed by atoms with Gasteiger partial charge < -0.3 is 10.2 Å². The van der Waals surface area contributed by atoms with Crippen molar-refractivity contribution >= 4 is 35.0 Å². The molecule has 1 aliphatic rings. The van der Waals surface area contributed by atoms with Crippen LogP contribution in [-0.2, 0) is 12.3 Å². The summed E-state index contributed by atoms with van der Waals surface area (Å²) in [4.78, 5) is 14.8. The van der Waals surface area contributed by atoms with Gasteiger partial charge >= 0.3 is 0 Å². The zero-order chi connectivity index (χ0) is 23.3. The first-order chi connectivity index (χ1) is 16.7. The van der Waals surface area contributed by atoms with E-state index in [-0.39, 0.29) is 5.91 Å². The number of thioether (sulfide) groups is 1. The van der Waals surface area contributed by atoms with E-state index >= 15 is 0 Å². The zero-order valence-corrected chi connectivity index (χ0v) is 20.5. The third kappa shape index (κ3) is 5.13. The number of aromatic nitrogens is 5. The maximum Gasteiger partial charge on any atom is 0.282 e. The van der Waals surface area contributed by atoms with Gasteiger partial charge in [-0.1, -0.05) is 71.1 Å². The number of aryl methyl sites for hydroxylation is 1. The Morgan fingerprint density at radius 3 is 2.53 bits per heavy atom. The summed E-state index contributed by atoms with van der Waals surface area (Å²) < 4.78 is 2.12. The number of carbonyl (C=O) groups excluding carboxylic acids is 1. The Labute approximate surface area is 206 Å². The predicted octanol–water partition coefficient (Wildman–Crippen LogP) is 4.25. The highest BCUT2D eigenvalue weighted by Crippen LogP contribution is 2.31. The van der Waals surface area contributed by atoms with Crippen LogP contribution < -0.4 is 10.2 Å². The van der Waals surface area contributed by atoms with Crippen molar-refractivity contribution in [2.45, 2.75) is 37.2 Å². The molecule has 10 heteroatoms. The lowest BCUT2D eigenvalue weighted by Gasteiger charge is -2.18. The van der Waals surface area contributed by atoms with Crippen LogP contribution in [0.4, 0.5) is 5.95 Å². The Morgan fingerprint density at radius 1 is 1.00 bits per heavy atom. The number of rotatable bonds is 8. The molecule has 0 bridgehead atoms. The van der Waals surface area contributed by atoms with E-state index in [9.17, 15) is 4.79 Å². The van der Waals surface area contributed by atoms with Gasteiger partial charge in [0.15, 0.2) is 5.16 Å². The number of nitrogens with one attached hydrogen (secondary N) is 1. The fourth-order valence-corrected chi connectivity index (χ4v) is 5.47. The van der Waals surface area contributed by atoms with Crippen molar-refractivity contribution in [3.63, 3.8) is 0 Å². The summed E-state index contributed by atoms with van der Waals surface area (Å²) in [6, 6.07) is 18.2. The molecule has 1 N–H and O–H groups in total. The standard InChI is InChI=1S/C24H25N7OS2/c1-17-9-11-19(12-10-17)31-23(30-13-5-6-14-30)28-29-24(31)33-16-20-26-27-22(34-20)21(32)25-15-18-7-3-2-4-8-18/h2-4,7-12H,5-6,13-16H2,1H3,(H,25,32). The molecule has 1 saturated heterocycles. The van der Waals surface area contributed by atoms with Crippen LogP contribution in [0.3, 0.4) is 0 Å². The largest absolute Gasteiger partial charge is 0.346 e. The Bertz CT molecular complexity index is 1250. The number of anilines is 1. The second-order valence-electron chi connectivity index (χ2n) is 8.11. The van der Waals surface area contributed by atoms with Gasteiger partial charge in [0, 0.05) is 19.6 Å². The molecular formula is C24H25N7OS2. The van der Waals surface area contributed by atoms with Crippen molar-refractivity contribution in [1.29, 1.82) is 0 Å². The molecule has 4 aromatic rings. The molecule has 0 aliphatic carbocycles. The Hall–Kier alpha value is -3.24. The summed E-state index contributed by atoms with van der Waals surface area (Å²) in [6.45, 7) is 4.53. The van der Waals surface area contributed by atoms with E-state index in [1.165, 1.54) is 29.7 Å². The highest BCUT2D eigenvalue weighted by Gasteiger charge is 2.23. The number of amides is 1. The molecule has 0 spiro atoms. The summed E-state index contributed by atoms with van der Waals surface area (Å²) in [5.74, 6) is 1.23. The number of benzene rings is 2. The van der Waals surface area contributed by atoms with Gasteiger partial charge in [0.05, 0.1) is 11.4 Å². The van der Waals surface area contributed by atoms with E-state index in [1.807, 2.05) is 30.3 Å². The van der Waals surface area contributed by atoms with Crippen LogP contribution >= 0.6 is 23.1 Å². The number of nitrogens with zero attached hydrogens (tertiary/aromatic N) is 6. The smallest absolute Gasteiger partial charge is 0.282 e. The average molecular weight is 492 g/mol. The van der Waals surface area contributed by atoms with Crippen LogP contribution in [0.15, 0.2) is 59.8 Å². The zero-order valence-electron chi connectivity index (χ0n) is 18.8. The van der Waals surface area contributed by atoms with Crippen LogP contribution in [0.5, 0.6) is 0 Å². The monoisotopic (exact) mass is 491 g/mol. The molecule has 34 heavy (non-hydrogen) atoms. The highest BCUT2D eigenvalue weighted by molar-refractivity contribution is 7.98. The quantitative estimate of drug-likeness (QED) is 0.369. The molecule has 1 aliphatic heterocycles. The maximum absolute atomic E-state index is 12.5. The molecule has 3 heterocycles. The van der Waals surface area contributed by atoms with Gasteiger partial charge in [0.25, 0.3) is 5.91 Å². The predicted molar refractivity (Wildman–Crippen MR) is 135 cm³/mol. The van der Waals surface area contributed by atoms with Crippen molar-refractivity contribution in [2.24, 2.45) is 0 Å². The first kappa shape index (κ1) is 22.5. The van der Waals surface area contributed by atoms with Gasteiger partial charge in [0.1, 0.15) is 5.01 Å². The fraction of sp³-hybridized carbons (Fsp3) is 0.292. The van der Waals surface area contributed by atoms with Crippen LogP contribution in [0.2, 0.25) is 0 Å². The first-order valence-corrected chi connectivity index (χ1v) is 13.0. The van der Waals surface area contributed by atoms with E-state index in [4.69, 9.17) is 0 Å². The molecule has 1 amide bonds. The van der Waals surface area contributed by atoms with Gasteiger partial charge in [-0.2, -0.15) is 0 Å². The van der Waals surface area contributed by atoms with E-state index in [0.717, 1.165) is 40.5 Å². The fourth-order valence-electron chi connectivity index (χ4n) is 3.78. The molecule has 0 unspecified atom stereocenters. The minimum Gasteiger partial charge on any atom is -0.346 e. The van der Waals surface area contributed by atoms with Crippen LogP contribution in [0.1, 0.15) is 38.8 Å². The van der Waals surface area contributed by atoms with Gasteiger partial charge in [-0.25, -0.2) is 0 Å². The summed E-state index contributed by atoms with van der Waals surface area (Å²) >= 11 is 2.86. The third-order valence-electron chi connectivity index (χ3n) is 5.58. The molecule has 2 aromatic carbocycles. The molecule has 0 saturated carbocycles. The Balaban J connectivity index is 1.28. The number of carbonyl (C=O) groups is 1. The summed E-state index contributed by atoms with van der Waals surface area (Å²) in [7, 11) is 0. The van der Waals surface area contributed by atoms with Gasteiger partial charge in [-0.05, 0) is 37.5 Å². The van der Waals surface area contributed by atoms with E-state index in [0.29, 0.717) is 17.3 Å². The lowest BCUT2D eigenvalue weighted by molar-refractivity contribution is 0.0950. The van der Waals surface area contributed by atoms with Gasteiger partial charge in [-0.15, -0.1) is 20.4 Å². The van der Waals surface area contributed by atoms with Gasteiger partial charge in [-0.3, -0.25) is 9.36 Å². The second kappa shape index (κ2) is 10.4. The van der Waals surface area contributed by atoms with Crippen molar-refractivity contribution in [3.8, 4) is 5.69 Å². The summed E-state index contributed by atoms with van der Waals surface area (Å²) in [5.41, 5.74) is 3.29. The Kier molecular flexibility index (Phi) is 6.87. The number of hydrogen-bond acceptors (Lipinski definition) is 8. The van der Waals surface area contributed by atoms with E-state index < -0.39 is 0 Å². The number of hydrogen-bond donors (Lipinski definition) is 1. The molecule has 174 valence electrons. The SMILES string of the molecule is Cc1ccc(-n2c(SCc3nnc(C(=O)NCc4ccccc4)s3)nnc2N2CCCC2)cc1. The van der Waals surface area contributed by atoms with Crippen molar-refractivity contribution in [1.82, 2.24) is 30.3 Å². The van der Waals surface area contributed by atoms with Crippen LogP contribution in [0, 0.1) is 6.92 Å². The molecule has 5 rings (SSSR count). The average Bonchev–Trinajstić information content (AvgIpc) is 3.63. The molecule has 0 atom stereocenters. The molecule has 8 nitrogen and oxygen atoms in total. The molecule has 2 aromatic heterocycles. The minimum absolute atomic E-state index is 0.211. The molecule has 1 fully saturated rings. The topological polar surface area (TPSA) is 88.8 Å². The summed E-state index contributed by atoms with van der Waals surface area (Å²) in [6.07, 6.45) is 2.34. The van der Waals surface area contributed by atoms with Crippen molar-refractivity contribution in [3.05, 3.63) is 75.7 Å². The van der Waals surface area contributed by atoms with Crippen molar-refractivity contribution < 1.29 is 4.79 Å². The lowest BCUT2D eigenvalue weighted by Crippen LogP contribution is -2.22. The van der Waals surface area contributed by atoms with E-state index in [2.05, 4.69) is 66.4 Å².